The third kappa shape index (κ3) is 4.65. The van der Waals surface area contributed by atoms with E-state index in [2.05, 4.69) is 29.6 Å². The molecular formula is C21H23N3O2S. The van der Waals surface area contributed by atoms with E-state index >= 15 is 0 Å². The zero-order valence-corrected chi connectivity index (χ0v) is 16.5. The summed E-state index contributed by atoms with van der Waals surface area (Å²) in [6.07, 6.45) is 3.82. The van der Waals surface area contributed by atoms with Gasteiger partial charge in [0.25, 0.3) is 0 Å². The molecule has 0 saturated carbocycles. The average molecular weight is 382 g/mol. The Kier molecular flexibility index (Phi) is 6.44. The molecule has 0 atom stereocenters. The quantitative estimate of drug-likeness (QED) is 0.429. The van der Waals surface area contributed by atoms with Crippen LogP contribution < -0.4 is 14.9 Å². The fourth-order valence-corrected chi connectivity index (χ4v) is 3.75. The summed E-state index contributed by atoms with van der Waals surface area (Å²) < 4.78 is 10.6. The van der Waals surface area contributed by atoms with Crippen LogP contribution in [0, 0.1) is 0 Å². The molecule has 0 amide bonds. The van der Waals surface area contributed by atoms with Gasteiger partial charge in [-0.05, 0) is 30.2 Å². The van der Waals surface area contributed by atoms with Crippen molar-refractivity contribution in [3.8, 4) is 22.8 Å². The molecule has 3 rings (SSSR count). The number of anilines is 1. The molecule has 2 aromatic carbocycles. The molecule has 0 saturated heterocycles. The predicted molar refractivity (Wildman–Crippen MR) is 112 cm³/mol. The standard InChI is InChI=1S/C21H23N3O2S/c1-4-8-19-20(16-9-6-5-7-10-16)23-21(27-19)24-22-14-15-11-12-17(25-2)18(13-15)26-3/h5-7,9-14H,4,8H2,1-3H3,(H,23,24)/b22-14-. The van der Waals surface area contributed by atoms with E-state index < -0.39 is 0 Å². The minimum Gasteiger partial charge on any atom is -0.493 e. The van der Waals surface area contributed by atoms with Crippen LogP contribution in [-0.4, -0.2) is 25.4 Å². The maximum absolute atomic E-state index is 5.32. The van der Waals surface area contributed by atoms with Crippen LogP contribution >= 0.6 is 11.3 Å². The lowest BCUT2D eigenvalue weighted by Crippen LogP contribution is -1.94. The van der Waals surface area contributed by atoms with Crippen LogP contribution in [0.25, 0.3) is 11.3 Å². The number of thiazole rings is 1. The molecule has 0 aliphatic carbocycles. The van der Waals surface area contributed by atoms with Gasteiger partial charge in [-0.2, -0.15) is 5.10 Å². The van der Waals surface area contributed by atoms with Crippen molar-refractivity contribution in [2.45, 2.75) is 19.8 Å². The van der Waals surface area contributed by atoms with E-state index in [4.69, 9.17) is 14.5 Å². The number of aromatic nitrogens is 1. The van der Waals surface area contributed by atoms with Gasteiger partial charge in [0.2, 0.25) is 5.13 Å². The van der Waals surface area contributed by atoms with Crippen LogP contribution in [0.15, 0.2) is 53.6 Å². The van der Waals surface area contributed by atoms with E-state index in [1.165, 1.54) is 4.88 Å². The highest BCUT2D eigenvalue weighted by Crippen LogP contribution is 2.32. The van der Waals surface area contributed by atoms with Crippen molar-refractivity contribution < 1.29 is 9.47 Å². The first-order valence-electron chi connectivity index (χ1n) is 8.81. The maximum Gasteiger partial charge on any atom is 0.204 e. The summed E-state index contributed by atoms with van der Waals surface area (Å²) in [5, 5.41) is 5.11. The highest BCUT2D eigenvalue weighted by molar-refractivity contribution is 7.16. The zero-order chi connectivity index (χ0) is 19.1. The summed E-state index contributed by atoms with van der Waals surface area (Å²) in [6, 6.07) is 15.9. The van der Waals surface area contributed by atoms with Gasteiger partial charge in [0.15, 0.2) is 11.5 Å². The molecular weight excluding hydrogens is 358 g/mol. The molecule has 140 valence electrons. The molecule has 0 aliphatic rings. The highest BCUT2D eigenvalue weighted by atomic mass is 32.1. The van der Waals surface area contributed by atoms with E-state index in [0.717, 1.165) is 34.8 Å². The van der Waals surface area contributed by atoms with Crippen molar-refractivity contribution in [2.75, 3.05) is 19.6 Å². The normalized spacial score (nSPS) is 10.9. The first-order valence-corrected chi connectivity index (χ1v) is 9.63. The highest BCUT2D eigenvalue weighted by Gasteiger charge is 2.12. The average Bonchev–Trinajstić information content (AvgIpc) is 3.11. The van der Waals surface area contributed by atoms with Crippen molar-refractivity contribution in [3.05, 3.63) is 59.0 Å². The number of methoxy groups -OCH3 is 2. The van der Waals surface area contributed by atoms with Crippen LogP contribution in [0.5, 0.6) is 11.5 Å². The number of nitrogens with one attached hydrogen (secondary N) is 1. The third-order valence-corrected chi connectivity index (χ3v) is 5.02. The van der Waals surface area contributed by atoms with Crippen LogP contribution in [0.2, 0.25) is 0 Å². The molecule has 0 aliphatic heterocycles. The Labute approximate surface area is 163 Å². The van der Waals surface area contributed by atoms with E-state index in [1.807, 2.05) is 36.4 Å². The Morgan fingerprint density at radius 2 is 1.85 bits per heavy atom. The first-order chi connectivity index (χ1) is 13.2. The van der Waals surface area contributed by atoms with Gasteiger partial charge in [0.1, 0.15) is 0 Å². The topological polar surface area (TPSA) is 55.7 Å². The van der Waals surface area contributed by atoms with Gasteiger partial charge in [-0.3, -0.25) is 5.43 Å². The Morgan fingerprint density at radius 3 is 2.56 bits per heavy atom. The Morgan fingerprint density at radius 1 is 1.07 bits per heavy atom. The number of ether oxygens (including phenoxy) is 2. The molecule has 0 fully saturated rings. The number of benzene rings is 2. The summed E-state index contributed by atoms with van der Waals surface area (Å²) in [7, 11) is 3.24. The summed E-state index contributed by atoms with van der Waals surface area (Å²) in [5.41, 5.74) is 6.13. The van der Waals surface area contributed by atoms with Gasteiger partial charge in [-0.1, -0.05) is 55.0 Å². The molecule has 0 spiro atoms. The summed E-state index contributed by atoms with van der Waals surface area (Å²) in [6.45, 7) is 2.18. The van der Waals surface area contributed by atoms with Crippen LogP contribution in [0.3, 0.4) is 0 Å². The lowest BCUT2D eigenvalue weighted by Gasteiger charge is -2.07. The van der Waals surface area contributed by atoms with Gasteiger partial charge < -0.3 is 9.47 Å². The van der Waals surface area contributed by atoms with Crippen molar-refractivity contribution >= 4 is 22.7 Å². The van der Waals surface area contributed by atoms with Gasteiger partial charge in [0, 0.05) is 10.4 Å². The minimum absolute atomic E-state index is 0.673. The van der Waals surface area contributed by atoms with Gasteiger partial charge >= 0.3 is 0 Å². The van der Waals surface area contributed by atoms with Crippen LogP contribution in [0.4, 0.5) is 5.13 Å². The first kappa shape index (κ1) is 18.9. The van der Waals surface area contributed by atoms with Crippen molar-refractivity contribution in [1.82, 2.24) is 4.98 Å². The summed E-state index contributed by atoms with van der Waals surface area (Å²) in [4.78, 5) is 6.01. The molecule has 0 bridgehead atoms. The van der Waals surface area contributed by atoms with E-state index in [9.17, 15) is 0 Å². The summed E-state index contributed by atoms with van der Waals surface area (Å²) in [5.74, 6) is 1.37. The molecule has 0 radical (unpaired) electrons. The van der Waals surface area contributed by atoms with E-state index in [-0.39, 0.29) is 0 Å². The second kappa shape index (κ2) is 9.19. The van der Waals surface area contributed by atoms with Gasteiger partial charge in [-0.15, -0.1) is 0 Å². The molecule has 0 unspecified atom stereocenters. The Bertz CT molecular complexity index is 907. The molecule has 6 heteroatoms. The number of hydrogen-bond acceptors (Lipinski definition) is 6. The van der Waals surface area contributed by atoms with Crippen LogP contribution in [-0.2, 0) is 6.42 Å². The Balaban J connectivity index is 1.77. The third-order valence-electron chi connectivity index (χ3n) is 4.00. The number of nitrogens with zero attached hydrogens (tertiary/aromatic N) is 2. The SMILES string of the molecule is CCCc1sc(N/N=C\c2ccc(OC)c(OC)c2)nc1-c1ccccc1. The number of aryl methyl sites for hydroxylation is 1. The zero-order valence-electron chi connectivity index (χ0n) is 15.7. The van der Waals surface area contributed by atoms with Gasteiger partial charge in [-0.25, -0.2) is 4.98 Å². The minimum atomic E-state index is 0.673. The second-order valence-electron chi connectivity index (χ2n) is 5.89. The molecule has 1 heterocycles. The Hall–Kier alpha value is -2.86. The molecule has 5 nitrogen and oxygen atoms in total. The fraction of sp³-hybridized carbons (Fsp3) is 0.238. The lowest BCUT2D eigenvalue weighted by molar-refractivity contribution is 0.355. The number of rotatable bonds is 8. The van der Waals surface area contributed by atoms with Crippen molar-refractivity contribution in [3.63, 3.8) is 0 Å². The largest absolute Gasteiger partial charge is 0.493 e. The molecule has 1 N–H and O–H groups in total. The molecule has 27 heavy (non-hydrogen) atoms. The predicted octanol–water partition coefficient (Wildman–Crippen LogP) is 5.23. The van der Waals surface area contributed by atoms with Gasteiger partial charge in [0.05, 0.1) is 26.1 Å². The molecule has 3 aromatic rings. The lowest BCUT2D eigenvalue weighted by atomic mass is 10.1. The fourth-order valence-electron chi connectivity index (χ4n) is 2.71. The maximum atomic E-state index is 5.32. The number of hydrazone groups is 1. The number of hydrogen-bond donors (Lipinski definition) is 1. The summed E-state index contributed by atoms with van der Waals surface area (Å²) >= 11 is 1.65. The van der Waals surface area contributed by atoms with Crippen LogP contribution in [0.1, 0.15) is 23.8 Å². The van der Waals surface area contributed by atoms with E-state index in [0.29, 0.717) is 11.5 Å². The van der Waals surface area contributed by atoms with Crippen molar-refractivity contribution in [1.29, 1.82) is 0 Å². The second-order valence-corrected chi connectivity index (χ2v) is 6.97. The monoisotopic (exact) mass is 381 g/mol. The van der Waals surface area contributed by atoms with E-state index in [1.54, 1.807) is 31.8 Å². The molecule has 1 aromatic heterocycles. The van der Waals surface area contributed by atoms with Crippen molar-refractivity contribution in [2.24, 2.45) is 5.10 Å². The smallest absolute Gasteiger partial charge is 0.204 e.